The first-order valence-corrected chi connectivity index (χ1v) is 10.00. The average Bonchev–Trinajstić information content (AvgIpc) is 3.39. The van der Waals surface area contributed by atoms with Crippen LogP contribution in [0, 0.1) is 0 Å². The molecule has 0 radical (unpaired) electrons. The molecule has 1 saturated heterocycles. The van der Waals surface area contributed by atoms with Gasteiger partial charge in [-0.3, -0.25) is 9.69 Å². The molecule has 2 aliphatic heterocycles. The van der Waals surface area contributed by atoms with E-state index < -0.39 is 0 Å². The Morgan fingerprint density at radius 2 is 2.04 bits per heavy atom. The van der Waals surface area contributed by atoms with Gasteiger partial charge in [-0.25, -0.2) is 5.01 Å². The fourth-order valence-corrected chi connectivity index (χ4v) is 4.16. The summed E-state index contributed by atoms with van der Waals surface area (Å²) in [5.41, 5.74) is 2.04. The molecule has 0 spiro atoms. The van der Waals surface area contributed by atoms with E-state index in [2.05, 4.69) is 11.0 Å². The lowest BCUT2D eigenvalue weighted by Gasteiger charge is -2.29. The highest BCUT2D eigenvalue weighted by molar-refractivity contribution is 7.12. The molecule has 0 aliphatic carbocycles. The van der Waals surface area contributed by atoms with Crippen LogP contribution in [-0.2, 0) is 9.53 Å². The van der Waals surface area contributed by atoms with E-state index >= 15 is 0 Å². The van der Waals surface area contributed by atoms with Crippen molar-refractivity contribution >= 4 is 23.0 Å². The molecule has 2 aromatic rings. The molecule has 1 unspecified atom stereocenters. The molecule has 4 rings (SSSR count). The molecule has 0 saturated carbocycles. The molecule has 1 aromatic carbocycles. The van der Waals surface area contributed by atoms with Gasteiger partial charge in [0.1, 0.15) is 5.75 Å². The second-order valence-electron chi connectivity index (χ2n) is 6.64. The zero-order valence-corrected chi connectivity index (χ0v) is 16.2. The highest BCUT2D eigenvalue weighted by atomic mass is 32.1. The number of morpholine rings is 1. The Bertz CT molecular complexity index is 798. The number of amides is 1. The minimum Gasteiger partial charge on any atom is -0.497 e. The van der Waals surface area contributed by atoms with Crippen LogP contribution >= 0.6 is 11.3 Å². The largest absolute Gasteiger partial charge is 0.497 e. The molecule has 1 amide bonds. The van der Waals surface area contributed by atoms with Gasteiger partial charge in [0, 0.05) is 19.5 Å². The summed E-state index contributed by atoms with van der Waals surface area (Å²) in [4.78, 5) is 16.3. The minimum atomic E-state index is -0.0819. The zero-order chi connectivity index (χ0) is 18.6. The van der Waals surface area contributed by atoms with E-state index in [4.69, 9.17) is 14.6 Å². The van der Waals surface area contributed by atoms with Crippen LogP contribution in [0.4, 0.5) is 0 Å². The number of rotatable bonds is 5. The summed E-state index contributed by atoms with van der Waals surface area (Å²) in [5.74, 6) is 0.839. The van der Waals surface area contributed by atoms with Gasteiger partial charge in [-0.05, 0) is 29.1 Å². The summed E-state index contributed by atoms with van der Waals surface area (Å²) in [6.45, 7) is 3.30. The van der Waals surface area contributed by atoms with Crippen molar-refractivity contribution in [1.82, 2.24) is 9.91 Å². The van der Waals surface area contributed by atoms with E-state index in [-0.39, 0.29) is 11.9 Å². The Hall–Kier alpha value is -2.22. The van der Waals surface area contributed by atoms with Gasteiger partial charge in [-0.15, -0.1) is 11.3 Å². The summed E-state index contributed by atoms with van der Waals surface area (Å²) in [7, 11) is 1.65. The molecule has 3 heterocycles. The maximum absolute atomic E-state index is 13.1. The number of ether oxygens (including phenoxy) is 2. The average molecular weight is 385 g/mol. The van der Waals surface area contributed by atoms with Crippen LogP contribution in [0.15, 0.2) is 46.9 Å². The molecule has 142 valence electrons. The maximum Gasteiger partial charge on any atom is 0.257 e. The lowest BCUT2D eigenvalue weighted by atomic mass is 10.0. The Morgan fingerprint density at radius 3 is 2.70 bits per heavy atom. The third kappa shape index (κ3) is 4.05. The van der Waals surface area contributed by atoms with Crippen molar-refractivity contribution in [3.05, 3.63) is 52.2 Å². The van der Waals surface area contributed by atoms with Gasteiger partial charge in [-0.2, -0.15) is 5.10 Å². The normalized spacial score (nSPS) is 20.6. The summed E-state index contributed by atoms with van der Waals surface area (Å²) < 4.78 is 10.6. The second kappa shape index (κ2) is 8.21. The van der Waals surface area contributed by atoms with Crippen LogP contribution in [0.1, 0.15) is 22.9 Å². The third-order valence-corrected chi connectivity index (χ3v) is 5.85. The molecule has 1 fully saturated rings. The number of hydrogen-bond donors (Lipinski definition) is 0. The lowest BCUT2D eigenvalue weighted by Crippen LogP contribution is -2.43. The molecule has 7 heteroatoms. The van der Waals surface area contributed by atoms with Crippen molar-refractivity contribution < 1.29 is 14.3 Å². The molecule has 6 nitrogen and oxygen atoms in total. The molecule has 2 aliphatic rings. The van der Waals surface area contributed by atoms with Gasteiger partial charge < -0.3 is 9.47 Å². The standard InChI is InChI=1S/C20H23N3O3S/c1-25-16-6-4-15(5-7-16)18-13-17(19-3-2-12-27-19)21-23(18)20(24)14-22-8-10-26-11-9-22/h2-7,12,18H,8-11,13-14H2,1H3. The second-order valence-corrected chi connectivity index (χ2v) is 7.59. The lowest BCUT2D eigenvalue weighted by molar-refractivity contribution is -0.135. The van der Waals surface area contributed by atoms with Crippen LogP contribution in [-0.4, -0.2) is 61.5 Å². The quantitative estimate of drug-likeness (QED) is 0.794. The van der Waals surface area contributed by atoms with E-state index in [0.717, 1.165) is 41.4 Å². The van der Waals surface area contributed by atoms with Gasteiger partial charge in [0.2, 0.25) is 0 Å². The summed E-state index contributed by atoms with van der Waals surface area (Å²) in [5, 5.41) is 8.43. The predicted octanol–water partition coefficient (Wildman–Crippen LogP) is 2.77. The van der Waals surface area contributed by atoms with Crippen molar-refractivity contribution in [1.29, 1.82) is 0 Å². The maximum atomic E-state index is 13.1. The van der Waals surface area contributed by atoms with E-state index in [1.165, 1.54) is 0 Å². The SMILES string of the molecule is COc1ccc(C2CC(c3cccs3)=NN2C(=O)CN2CCOCC2)cc1. The summed E-state index contributed by atoms with van der Waals surface area (Å²) >= 11 is 1.66. The zero-order valence-electron chi connectivity index (χ0n) is 15.3. The van der Waals surface area contributed by atoms with Crippen molar-refractivity contribution in [3.8, 4) is 5.75 Å². The molecular formula is C20H23N3O3S. The number of carbonyl (C=O) groups is 1. The van der Waals surface area contributed by atoms with Crippen molar-refractivity contribution in [3.63, 3.8) is 0 Å². The number of methoxy groups -OCH3 is 1. The minimum absolute atomic E-state index is 0.0317. The van der Waals surface area contributed by atoms with Gasteiger partial charge in [-0.1, -0.05) is 18.2 Å². The molecule has 0 bridgehead atoms. The Kier molecular flexibility index (Phi) is 5.52. The molecule has 1 atom stereocenters. The van der Waals surface area contributed by atoms with Crippen LogP contribution in [0.5, 0.6) is 5.75 Å². The van der Waals surface area contributed by atoms with Crippen molar-refractivity contribution in [2.24, 2.45) is 5.10 Å². The van der Waals surface area contributed by atoms with Gasteiger partial charge >= 0.3 is 0 Å². The van der Waals surface area contributed by atoms with Crippen LogP contribution < -0.4 is 4.74 Å². The fourth-order valence-electron chi connectivity index (χ4n) is 3.44. The highest BCUT2D eigenvalue weighted by Crippen LogP contribution is 2.34. The van der Waals surface area contributed by atoms with Crippen LogP contribution in [0.2, 0.25) is 0 Å². The predicted molar refractivity (Wildman–Crippen MR) is 105 cm³/mol. The van der Waals surface area contributed by atoms with Crippen molar-refractivity contribution in [2.45, 2.75) is 12.5 Å². The number of thiophene rings is 1. The summed E-state index contributed by atoms with van der Waals surface area (Å²) in [6, 6.07) is 11.9. The van der Waals surface area contributed by atoms with E-state index in [9.17, 15) is 4.79 Å². The Balaban J connectivity index is 1.57. The molecule has 1 aromatic heterocycles. The molecule has 27 heavy (non-hydrogen) atoms. The highest BCUT2D eigenvalue weighted by Gasteiger charge is 2.34. The van der Waals surface area contributed by atoms with Crippen LogP contribution in [0.3, 0.4) is 0 Å². The van der Waals surface area contributed by atoms with Crippen molar-refractivity contribution in [2.75, 3.05) is 40.0 Å². The first kappa shape index (κ1) is 18.2. The Labute approximate surface area is 163 Å². The fraction of sp³-hybridized carbons (Fsp3) is 0.400. The number of hydrazone groups is 1. The third-order valence-electron chi connectivity index (χ3n) is 4.93. The molecular weight excluding hydrogens is 362 g/mol. The first-order chi connectivity index (χ1) is 13.2. The number of benzene rings is 1. The Morgan fingerprint density at radius 1 is 1.26 bits per heavy atom. The molecule has 0 N–H and O–H groups in total. The van der Waals surface area contributed by atoms with Gasteiger partial charge in [0.15, 0.2) is 0 Å². The number of hydrogen-bond acceptors (Lipinski definition) is 6. The number of carbonyl (C=O) groups excluding carboxylic acids is 1. The van der Waals surface area contributed by atoms with Gasteiger partial charge in [0.05, 0.1) is 43.5 Å². The smallest absolute Gasteiger partial charge is 0.257 e. The summed E-state index contributed by atoms with van der Waals surface area (Å²) in [6.07, 6.45) is 0.724. The monoisotopic (exact) mass is 385 g/mol. The van der Waals surface area contributed by atoms with E-state index in [1.807, 2.05) is 35.7 Å². The number of nitrogens with zero attached hydrogens (tertiary/aromatic N) is 3. The van der Waals surface area contributed by atoms with Crippen LogP contribution in [0.25, 0.3) is 0 Å². The topological polar surface area (TPSA) is 54.4 Å². The first-order valence-electron chi connectivity index (χ1n) is 9.12. The van der Waals surface area contributed by atoms with E-state index in [0.29, 0.717) is 19.8 Å². The van der Waals surface area contributed by atoms with E-state index in [1.54, 1.807) is 23.5 Å². The van der Waals surface area contributed by atoms with Gasteiger partial charge in [0.25, 0.3) is 5.91 Å².